The van der Waals surface area contributed by atoms with E-state index in [4.69, 9.17) is 10.5 Å². The zero-order valence-electron chi connectivity index (χ0n) is 11.9. The summed E-state index contributed by atoms with van der Waals surface area (Å²) in [5.74, 6) is 1.86. The van der Waals surface area contributed by atoms with Gasteiger partial charge in [-0.3, -0.25) is 0 Å². The highest BCUT2D eigenvalue weighted by molar-refractivity contribution is 5.39. The normalized spacial score (nSPS) is 30.7. The summed E-state index contributed by atoms with van der Waals surface area (Å²) in [7, 11) is 0. The van der Waals surface area contributed by atoms with Crippen molar-refractivity contribution < 1.29 is 4.74 Å². The number of fused-ring (bicyclic) bond motifs is 1. The molecule has 3 rings (SSSR count). The molecule has 1 saturated carbocycles. The number of aryl methyl sites for hydroxylation is 1. The van der Waals surface area contributed by atoms with Gasteiger partial charge in [-0.05, 0) is 67.7 Å². The lowest BCUT2D eigenvalue weighted by atomic mass is 9.87. The van der Waals surface area contributed by atoms with Crippen LogP contribution in [0, 0.1) is 5.92 Å². The van der Waals surface area contributed by atoms with Crippen LogP contribution in [0.15, 0.2) is 18.2 Å². The van der Waals surface area contributed by atoms with Gasteiger partial charge in [0.05, 0.1) is 6.10 Å². The van der Waals surface area contributed by atoms with E-state index in [1.54, 1.807) is 0 Å². The average molecular weight is 259 g/mol. The van der Waals surface area contributed by atoms with E-state index in [0.29, 0.717) is 6.10 Å². The molecule has 104 valence electrons. The molecular weight excluding hydrogens is 234 g/mol. The Morgan fingerprint density at radius 3 is 2.89 bits per heavy atom. The van der Waals surface area contributed by atoms with Crippen LogP contribution >= 0.6 is 0 Å². The van der Waals surface area contributed by atoms with Crippen LogP contribution < -0.4 is 10.5 Å². The molecule has 1 aromatic carbocycles. The van der Waals surface area contributed by atoms with Crippen molar-refractivity contribution >= 4 is 0 Å². The molecule has 2 heteroatoms. The molecule has 3 atom stereocenters. The SMILES string of the molecule is CC1CCCC(Oc2ccc3c(c2)CCCC3N)C1. The van der Waals surface area contributed by atoms with Gasteiger partial charge in [-0.25, -0.2) is 0 Å². The molecule has 0 aromatic heterocycles. The van der Waals surface area contributed by atoms with Crippen LogP contribution in [0.4, 0.5) is 0 Å². The number of rotatable bonds is 2. The first-order chi connectivity index (χ1) is 9.22. The molecule has 2 N–H and O–H groups in total. The summed E-state index contributed by atoms with van der Waals surface area (Å²) in [5, 5.41) is 0. The second-order valence-electron chi connectivity index (χ2n) is 6.37. The van der Waals surface area contributed by atoms with Crippen LogP contribution in [0.2, 0.25) is 0 Å². The summed E-state index contributed by atoms with van der Waals surface area (Å²) >= 11 is 0. The maximum Gasteiger partial charge on any atom is 0.120 e. The monoisotopic (exact) mass is 259 g/mol. The number of benzene rings is 1. The van der Waals surface area contributed by atoms with Gasteiger partial charge >= 0.3 is 0 Å². The maximum atomic E-state index is 6.19. The van der Waals surface area contributed by atoms with Crippen molar-refractivity contribution in [3.8, 4) is 5.75 Å². The Bertz CT molecular complexity index is 443. The fourth-order valence-corrected chi connectivity index (χ4v) is 3.58. The van der Waals surface area contributed by atoms with Crippen LogP contribution in [-0.4, -0.2) is 6.10 Å². The molecule has 0 radical (unpaired) electrons. The average Bonchev–Trinajstić information content (AvgIpc) is 2.39. The van der Waals surface area contributed by atoms with Gasteiger partial charge < -0.3 is 10.5 Å². The third-order valence-electron chi connectivity index (χ3n) is 4.67. The lowest BCUT2D eigenvalue weighted by Gasteiger charge is -2.28. The fourth-order valence-electron chi connectivity index (χ4n) is 3.58. The third kappa shape index (κ3) is 2.94. The van der Waals surface area contributed by atoms with Crippen LogP contribution in [0.25, 0.3) is 0 Å². The Hall–Kier alpha value is -1.02. The Balaban J connectivity index is 1.71. The van der Waals surface area contributed by atoms with E-state index < -0.39 is 0 Å². The smallest absolute Gasteiger partial charge is 0.120 e. The van der Waals surface area contributed by atoms with E-state index in [1.165, 1.54) is 43.2 Å². The quantitative estimate of drug-likeness (QED) is 0.872. The van der Waals surface area contributed by atoms with Crippen molar-refractivity contribution in [2.75, 3.05) is 0 Å². The Kier molecular flexibility index (Phi) is 3.79. The molecule has 0 spiro atoms. The van der Waals surface area contributed by atoms with E-state index in [9.17, 15) is 0 Å². The maximum absolute atomic E-state index is 6.19. The summed E-state index contributed by atoms with van der Waals surface area (Å²) < 4.78 is 6.19. The second-order valence-corrected chi connectivity index (χ2v) is 6.37. The van der Waals surface area contributed by atoms with Gasteiger partial charge in [0.1, 0.15) is 5.75 Å². The lowest BCUT2D eigenvalue weighted by Crippen LogP contribution is -2.24. The first-order valence-corrected chi connectivity index (χ1v) is 7.77. The van der Waals surface area contributed by atoms with Gasteiger partial charge in [0.25, 0.3) is 0 Å². The predicted octanol–water partition coefficient (Wildman–Crippen LogP) is 3.98. The third-order valence-corrected chi connectivity index (χ3v) is 4.67. The highest BCUT2D eigenvalue weighted by atomic mass is 16.5. The van der Waals surface area contributed by atoms with Crippen LogP contribution in [0.1, 0.15) is 62.6 Å². The van der Waals surface area contributed by atoms with Gasteiger partial charge in [0.15, 0.2) is 0 Å². The zero-order chi connectivity index (χ0) is 13.2. The molecular formula is C17H25NO. The molecule has 1 aromatic rings. The number of ether oxygens (including phenoxy) is 1. The van der Waals surface area contributed by atoms with Crippen molar-refractivity contribution in [3.63, 3.8) is 0 Å². The summed E-state index contributed by atoms with van der Waals surface area (Å²) in [5.41, 5.74) is 8.89. The molecule has 0 saturated heterocycles. The molecule has 0 bridgehead atoms. The first-order valence-electron chi connectivity index (χ1n) is 7.77. The Morgan fingerprint density at radius 2 is 2.05 bits per heavy atom. The van der Waals surface area contributed by atoms with E-state index in [-0.39, 0.29) is 6.04 Å². The summed E-state index contributed by atoms with van der Waals surface area (Å²) in [6.07, 6.45) is 8.98. The Labute approximate surface area is 116 Å². The first kappa shape index (κ1) is 13.0. The van der Waals surface area contributed by atoms with Crippen molar-refractivity contribution in [1.82, 2.24) is 0 Å². The van der Waals surface area contributed by atoms with Crippen molar-refractivity contribution in [2.45, 2.75) is 64.0 Å². The van der Waals surface area contributed by atoms with Gasteiger partial charge in [0.2, 0.25) is 0 Å². The van der Waals surface area contributed by atoms with Gasteiger partial charge in [0, 0.05) is 6.04 Å². The zero-order valence-corrected chi connectivity index (χ0v) is 11.9. The summed E-state index contributed by atoms with van der Waals surface area (Å²) in [6, 6.07) is 6.75. The molecule has 2 aliphatic rings. The number of hydrogen-bond acceptors (Lipinski definition) is 2. The number of hydrogen-bond donors (Lipinski definition) is 1. The largest absolute Gasteiger partial charge is 0.490 e. The molecule has 19 heavy (non-hydrogen) atoms. The summed E-state index contributed by atoms with van der Waals surface area (Å²) in [6.45, 7) is 2.33. The van der Waals surface area contributed by atoms with Crippen LogP contribution in [0.3, 0.4) is 0 Å². The summed E-state index contributed by atoms with van der Waals surface area (Å²) in [4.78, 5) is 0. The Morgan fingerprint density at radius 1 is 1.16 bits per heavy atom. The van der Waals surface area contributed by atoms with E-state index in [1.807, 2.05) is 0 Å². The standard InChI is InChI=1S/C17H25NO/c1-12-4-2-6-14(10-12)19-15-8-9-16-13(11-15)5-3-7-17(16)18/h8-9,11-12,14,17H,2-7,10,18H2,1H3. The minimum Gasteiger partial charge on any atom is -0.490 e. The predicted molar refractivity (Wildman–Crippen MR) is 78.4 cm³/mol. The van der Waals surface area contributed by atoms with Gasteiger partial charge in [-0.15, -0.1) is 0 Å². The van der Waals surface area contributed by atoms with E-state index in [2.05, 4.69) is 25.1 Å². The minimum atomic E-state index is 0.229. The highest BCUT2D eigenvalue weighted by Crippen LogP contribution is 2.32. The van der Waals surface area contributed by atoms with Gasteiger partial charge in [-0.1, -0.05) is 19.4 Å². The van der Waals surface area contributed by atoms with E-state index >= 15 is 0 Å². The van der Waals surface area contributed by atoms with Crippen molar-refractivity contribution in [2.24, 2.45) is 11.7 Å². The van der Waals surface area contributed by atoms with Crippen molar-refractivity contribution in [1.29, 1.82) is 0 Å². The lowest BCUT2D eigenvalue weighted by molar-refractivity contribution is 0.129. The molecule has 0 heterocycles. The van der Waals surface area contributed by atoms with E-state index in [0.717, 1.165) is 24.5 Å². The topological polar surface area (TPSA) is 35.2 Å². The highest BCUT2D eigenvalue weighted by Gasteiger charge is 2.21. The van der Waals surface area contributed by atoms with Crippen LogP contribution in [0.5, 0.6) is 5.75 Å². The molecule has 0 aliphatic heterocycles. The second kappa shape index (κ2) is 5.54. The molecule has 2 aliphatic carbocycles. The minimum absolute atomic E-state index is 0.229. The van der Waals surface area contributed by atoms with Gasteiger partial charge in [-0.2, -0.15) is 0 Å². The van der Waals surface area contributed by atoms with Crippen molar-refractivity contribution in [3.05, 3.63) is 29.3 Å². The fraction of sp³-hybridized carbons (Fsp3) is 0.647. The number of nitrogens with two attached hydrogens (primary N) is 1. The molecule has 3 unspecified atom stereocenters. The molecule has 1 fully saturated rings. The molecule has 2 nitrogen and oxygen atoms in total. The molecule has 0 amide bonds. The van der Waals surface area contributed by atoms with Crippen LogP contribution in [-0.2, 0) is 6.42 Å².